The SMILES string of the molecule is COc1cc(C)c(F)cc1CC1(CO)CC1. The smallest absolute Gasteiger partial charge is 0.126 e. The number of rotatable bonds is 4. The zero-order valence-electron chi connectivity index (χ0n) is 9.72. The molecule has 1 saturated carbocycles. The number of halogens is 1. The summed E-state index contributed by atoms with van der Waals surface area (Å²) < 4.78 is 18.7. The van der Waals surface area contributed by atoms with Gasteiger partial charge < -0.3 is 9.84 Å². The van der Waals surface area contributed by atoms with Crippen LogP contribution in [0.5, 0.6) is 5.75 Å². The standard InChI is InChI=1S/C13H17FO2/c1-9-5-12(16-2)10(6-11(9)14)7-13(8-15)3-4-13/h5-6,15H,3-4,7-8H2,1-2H3. The minimum Gasteiger partial charge on any atom is -0.496 e. The Morgan fingerprint density at radius 3 is 2.62 bits per heavy atom. The number of aliphatic hydroxyl groups excluding tert-OH is 1. The average molecular weight is 224 g/mol. The van der Waals surface area contributed by atoms with Crippen LogP contribution in [0.3, 0.4) is 0 Å². The van der Waals surface area contributed by atoms with E-state index in [9.17, 15) is 9.50 Å². The molecule has 3 heteroatoms. The van der Waals surface area contributed by atoms with Crippen molar-refractivity contribution in [1.29, 1.82) is 0 Å². The zero-order valence-corrected chi connectivity index (χ0v) is 9.72. The van der Waals surface area contributed by atoms with Crippen molar-refractivity contribution in [2.45, 2.75) is 26.2 Å². The summed E-state index contributed by atoms with van der Waals surface area (Å²) in [5, 5.41) is 9.27. The number of hydrogen-bond donors (Lipinski definition) is 1. The molecule has 0 spiro atoms. The largest absolute Gasteiger partial charge is 0.496 e. The fourth-order valence-electron chi connectivity index (χ4n) is 2.00. The summed E-state index contributed by atoms with van der Waals surface area (Å²) in [5.41, 5.74) is 1.43. The minimum absolute atomic E-state index is 0.0189. The van der Waals surface area contributed by atoms with Crippen molar-refractivity contribution < 1.29 is 14.2 Å². The second-order valence-corrected chi connectivity index (χ2v) is 4.75. The van der Waals surface area contributed by atoms with Crippen LogP contribution < -0.4 is 4.74 Å². The lowest BCUT2D eigenvalue weighted by Crippen LogP contribution is -2.11. The van der Waals surface area contributed by atoms with Crippen LogP contribution in [-0.4, -0.2) is 18.8 Å². The Hall–Kier alpha value is -1.09. The summed E-state index contributed by atoms with van der Waals surface area (Å²) in [6.45, 7) is 1.90. The summed E-state index contributed by atoms with van der Waals surface area (Å²) in [5.74, 6) is 0.517. The Kier molecular flexibility index (Phi) is 2.89. The third kappa shape index (κ3) is 2.05. The van der Waals surface area contributed by atoms with Crippen LogP contribution in [-0.2, 0) is 6.42 Å². The summed E-state index contributed by atoms with van der Waals surface area (Å²) in [7, 11) is 1.59. The van der Waals surface area contributed by atoms with Crippen molar-refractivity contribution in [2.24, 2.45) is 5.41 Å². The molecule has 88 valence electrons. The van der Waals surface area contributed by atoms with Crippen LogP contribution in [0.15, 0.2) is 12.1 Å². The van der Waals surface area contributed by atoms with E-state index in [1.54, 1.807) is 20.1 Å². The van der Waals surface area contributed by atoms with Gasteiger partial charge in [0.1, 0.15) is 11.6 Å². The van der Waals surface area contributed by atoms with Crippen molar-refractivity contribution >= 4 is 0 Å². The quantitative estimate of drug-likeness (QED) is 0.851. The van der Waals surface area contributed by atoms with Gasteiger partial charge in [0.15, 0.2) is 0 Å². The van der Waals surface area contributed by atoms with Crippen molar-refractivity contribution in [3.05, 3.63) is 29.1 Å². The number of aliphatic hydroxyl groups is 1. The van der Waals surface area contributed by atoms with Gasteiger partial charge in [0.2, 0.25) is 0 Å². The first-order valence-corrected chi connectivity index (χ1v) is 5.54. The van der Waals surface area contributed by atoms with Gasteiger partial charge in [0, 0.05) is 6.61 Å². The molecule has 2 rings (SSSR count). The molecule has 1 N–H and O–H groups in total. The Labute approximate surface area is 95.1 Å². The predicted octanol–water partition coefficient (Wildman–Crippen LogP) is 2.46. The maximum Gasteiger partial charge on any atom is 0.126 e. The topological polar surface area (TPSA) is 29.5 Å². The van der Waals surface area contributed by atoms with Gasteiger partial charge in [-0.25, -0.2) is 4.39 Å². The summed E-state index contributed by atoms with van der Waals surface area (Å²) >= 11 is 0. The molecule has 1 aliphatic carbocycles. The molecular formula is C13H17FO2. The second-order valence-electron chi connectivity index (χ2n) is 4.75. The molecule has 0 aliphatic heterocycles. The van der Waals surface area contributed by atoms with E-state index in [2.05, 4.69) is 0 Å². The normalized spacial score (nSPS) is 17.2. The average Bonchev–Trinajstić information content (AvgIpc) is 3.04. The molecule has 0 amide bonds. The third-order valence-electron chi connectivity index (χ3n) is 3.42. The van der Waals surface area contributed by atoms with Crippen LogP contribution in [0.2, 0.25) is 0 Å². The van der Waals surface area contributed by atoms with Gasteiger partial charge in [-0.2, -0.15) is 0 Å². The summed E-state index contributed by atoms with van der Waals surface area (Å²) in [6, 6.07) is 3.25. The Bertz CT molecular complexity index is 397. The van der Waals surface area contributed by atoms with Crippen molar-refractivity contribution in [2.75, 3.05) is 13.7 Å². The number of methoxy groups -OCH3 is 1. The van der Waals surface area contributed by atoms with E-state index in [1.807, 2.05) is 0 Å². The highest BCUT2D eigenvalue weighted by atomic mass is 19.1. The van der Waals surface area contributed by atoms with Gasteiger partial charge in [0.05, 0.1) is 7.11 Å². The fraction of sp³-hybridized carbons (Fsp3) is 0.538. The maximum atomic E-state index is 13.5. The molecule has 1 aromatic rings. The van der Waals surface area contributed by atoms with Crippen molar-refractivity contribution in [1.82, 2.24) is 0 Å². The van der Waals surface area contributed by atoms with Crippen LogP contribution in [0.1, 0.15) is 24.0 Å². The predicted molar refractivity (Wildman–Crippen MR) is 60.1 cm³/mol. The van der Waals surface area contributed by atoms with Gasteiger partial charge >= 0.3 is 0 Å². The molecule has 0 bridgehead atoms. The first kappa shape index (κ1) is 11.4. The van der Waals surface area contributed by atoms with Crippen LogP contribution in [0.25, 0.3) is 0 Å². The first-order valence-electron chi connectivity index (χ1n) is 5.54. The molecule has 1 aromatic carbocycles. The van der Waals surface area contributed by atoms with Gasteiger partial charge in [0.25, 0.3) is 0 Å². The van der Waals surface area contributed by atoms with E-state index in [1.165, 1.54) is 6.07 Å². The number of ether oxygens (including phenoxy) is 1. The van der Waals surface area contributed by atoms with E-state index in [4.69, 9.17) is 4.74 Å². The molecule has 1 aliphatic rings. The van der Waals surface area contributed by atoms with Crippen LogP contribution >= 0.6 is 0 Å². The van der Waals surface area contributed by atoms with Gasteiger partial charge in [-0.05, 0) is 54.9 Å². The molecular weight excluding hydrogens is 207 g/mol. The number of aryl methyl sites for hydroxylation is 1. The van der Waals surface area contributed by atoms with E-state index >= 15 is 0 Å². The van der Waals surface area contributed by atoms with Crippen molar-refractivity contribution in [3.8, 4) is 5.75 Å². The molecule has 0 aromatic heterocycles. The molecule has 1 fully saturated rings. The van der Waals surface area contributed by atoms with Crippen LogP contribution in [0, 0.1) is 18.2 Å². The Balaban J connectivity index is 2.28. The fourth-order valence-corrected chi connectivity index (χ4v) is 2.00. The highest BCUT2D eigenvalue weighted by Crippen LogP contribution is 2.49. The summed E-state index contributed by atoms with van der Waals surface area (Å²) in [6.07, 6.45) is 2.73. The van der Waals surface area contributed by atoms with E-state index in [0.29, 0.717) is 12.0 Å². The molecule has 16 heavy (non-hydrogen) atoms. The monoisotopic (exact) mass is 224 g/mol. The summed E-state index contributed by atoms with van der Waals surface area (Å²) in [4.78, 5) is 0. The number of hydrogen-bond acceptors (Lipinski definition) is 2. The lowest BCUT2D eigenvalue weighted by Gasteiger charge is -2.15. The maximum absolute atomic E-state index is 13.5. The minimum atomic E-state index is -0.204. The lowest BCUT2D eigenvalue weighted by molar-refractivity contribution is 0.210. The third-order valence-corrected chi connectivity index (χ3v) is 3.42. The van der Waals surface area contributed by atoms with E-state index in [-0.39, 0.29) is 17.8 Å². The first-order chi connectivity index (χ1) is 7.60. The van der Waals surface area contributed by atoms with Crippen molar-refractivity contribution in [3.63, 3.8) is 0 Å². The van der Waals surface area contributed by atoms with Gasteiger partial charge in [-0.1, -0.05) is 0 Å². The van der Waals surface area contributed by atoms with Gasteiger partial charge in [-0.15, -0.1) is 0 Å². The van der Waals surface area contributed by atoms with E-state index < -0.39 is 0 Å². The highest BCUT2D eigenvalue weighted by molar-refractivity contribution is 5.39. The number of benzene rings is 1. The lowest BCUT2D eigenvalue weighted by atomic mass is 9.96. The highest BCUT2D eigenvalue weighted by Gasteiger charge is 2.42. The molecule has 0 saturated heterocycles. The molecule has 0 heterocycles. The molecule has 0 atom stereocenters. The Morgan fingerprint density at radius 2 is 2.12 bits per heavy atom. The second kappa shape index (κ2) is 4.06. The Morgan fingerprint density at radius 1 is 1.44 bits per heavy atom. The van der Waals surface area contributed by atoms with Crippen LogP contribution in [0.4, 0.5) is 4.39 Å². The van der Waals surface area contributed by atoms with E-state index in [0.717, 1.165) is 24.2 Å². The molecule has 2 nitrogen and oxygen atoms in total. The molecule has 0 unspecified atom stereocenters. The zero-order chi connectivity index (χ0) is 11.8. The molecule has 0 radical (unpaired) electrons. The van der Waals surface area contributed by atoms with Gasteiger partial charge in [-0.3, -0.25) is 0 Å².